The van der Waals surface area contributed by atoms with Gasteiger partial charge in [0, 0.05) is 31.6 Å². The number of anilines is 1. The van der Waals surface area contributed by atoms with Crippen LogP contribution in [0.3, 0.4) is 0 Å². The molecular formula is C18H21F3N4O4. The van der Waals surface area contributed by atoms with Crippen LogP contribution in [0.5, 0.6) is 0 Å². The van der Waals surface area contributed by atoms with E-state index in [0.29, 0.717) is 31.7 Å². The predicted octanol–water partition coefficient (Wildman–Crippen LogP) is 1.01. The summed E-state index contributed by atoms with van der Waals surface area (Å²) in [6, 6.07) is 3.31. The zero-order valence-electron chi connectivity index (χ0n) is 15.5. The van der Waals surface area contributed by atoms with Crippen LogP contribution in [-0.2, 0) is 9.53 Å². The van der Waals surface area contributed by atoms with Crippen LogP contribution < -0.4 is 10.2 Å². The Hall–Kier alpha value is -2.56. The van der Waals surface area contributed by atoms with Crippen molar-refractivity contribution < 1.29 is 32.6 Å². The second kappa shape index (κ2) is 7.05. The first-order valence-electron chi connectivity index (χ1n) is 9.36. The molecule has 29 heavy (non-hydrogen) atoms. The van der Waals surface area contributed by atoms with Crippen LogP contribution in [-0.4, -0.2) is 77.6 Å². The zero-order valence-corrected chi connectivity index (χ0v) is 15.5. The van der Waals surface area contributed by atoms with Gasteiger partial charge in [0.25, 0.3) is 0 Å². The van der Waals surface area contributed by atoms with Gasteiger partial charge < -0.3 is 25.0 Å². The molecule has 3 fully saturated rings. The molecule has 0 aromatic carbocycles. The number of rotatable bonds is 5. The van der Waals surface area contributed by atoms with Gasteiger partial charge in [-0.25, -0.2) is 9.78 Å². The molecule has 1 aromatic rings. The molecule has 4 heterocycles. The molecule has 3 saturated heterocycles. The molecule has 4 rings (SSSR count). The number of alkyl halides is 3. The Morgan fingerprint density at radius 2 is 2.07 bits per heavy atom. The zero-order chi connectivity index (χ0) is 20.8. The number of likely N-dealkylation sites (tertiary alicyclic amines) is 1. The summed E-state index contributed by atoms with van der Waals surface area (Å²) >= 11 is 0. The minimum Gasteiger partial charge on any atom is -0.447 e. The summed E-state index contributed by atoms with van der Waals surface area (Å²) in [6.07, 6.45) is -2.64. The fourth-order valence-electron chi connectivity index (χ4n) is 3.68. The second-order valence-electron chi connectivity index (χ2n) is 7.81. The van der Waals surface area contributed by atoms with E-state index in [1.807, 2.05) is 0 Å². The highest BCUT2D eigenvalue weighted by molar-refractivity contribution is 5.77. The molecule has 1 unspecified atom stereocenters. The Balaban J connectivity index is 1.22. The number of hydrogen-bond acceptors (Lipinski definition) is 6. The number of aliphatic hydroxyl groups is 1. The molecule has 1 aromatic heterocycles. The van der Waals surface area contributed by atoms with Crippen molar-refractivity contribution in [3.05, 3.63) is 23.9 Å². The number of carbonyl (C=O) groups is 2. The Labute approximate surface area is 164 Å². The van der Waals surface area contributed by atoms with Gasteiger partial charge in [-0.1, -0.05) is 6.07 Å². The van der Waals surface area contributed by atoms with Crippen molar-refractivity contribution in [1.82, 2.24) is 15.2 Å². The number of aromatic nitrogens is 1. The molecule has 0 bridgehead atoms. The van der Waals surface area contributed by atoms with Gasteiger partial charge in [-0.2, -0.15) is 13.2 Å². The molecule has 3 aliphatic rings. The minimum absolute atomic E-state index is 0.0130. The molecule has 8 nitrogen and oxygen atoms in total. The number of amides is 2. The first-order valence-corrected chi connectivity index (χ1v) is 9.36. The molecule has 11 heteroatoms. The Morgan fingerprint density at radius 1 is 1.34 bits per heavy atom. The lowest BCUT2D eigenvalue weighted by atomic mass is 9.91. The summed E-state index contributed by atoms with van der Waals surface area (Å²) < 4.78 is 42.9. The van der Waals surface area contributed by atoms with Crippen molar-refractivity contribution in [1.29, 1.82) is 0 Å². The lowest BCUT2D eigenvalue weighted by Gasteiger charge is -2.47. The molecule has 0 radical (unpaired) electrons. The van der Waals surface area contributed by atoms with Gasteiger partial charge >= 0.3 is 12.3 Å². The highest BCUT2D eigenvalue weighted by Crippen LogP contribution is 2.39. The highest BCUT2D eigenvalue weighted by Gasteiger charge is 2.61. The number of cyclic esters (lactones) is 1. The third-order valence-corrected chi connectivity index (χ3v) is 5.68. The Bertz CT molecular complexity index is 789. The molecule has 1 atom stereocenters. The SMILES string of the molecule is O=C1NC(CCC(=O)N2CC(c3ccc(N4CC(O)(C(F)(F)F)C4)nc3)C2)CO1. The van der Waals surface area contributed by atoms with Crippen LogP contribution in [0.1, 0.15) is 24.3 Å². The van der Waals surface area contributed by atoms with Gasteiger partial charge in [0.1, 0.15) is 12.4 Å². The van der Waals surface area contributed by atoms with Crippen LogP contribution in [0.25, 0.3) is 0 Å². The topological polar surface area (TPSA) is 95.0 Å². The van der Waals surface area contributed by atoms with E-state index in [1.54, 1.807) is 23.2 Å². The van der Waals surface area contributed by atoms with E-state index >= 15 is 0 Å². The van der Waals surface area contributed by atoms with E-state index in [-0.39, 0.29) is 24.5 Å². The quantitative estimate of drug-likeness (QED) is 0.747. The van der Waals surface area contributed by atoms with Crippen LogP contribution in [0.4, 0.5) is 23.8 Å². The van der Waals surface area contributed by atoms with Gasteiger partial charge in [0.2, 0.25) is 5.91 Å². The molecule has 0 saturated carbocycles. The number of nitrogens with zero attached hydrogens (tertiary/aromatic N) is 3. The summed E-state index contributed by atoms with van der Waals surface area (Å²) in [7, 11) is 0. The number of nitrogens with one attached hydrogen (secondary N) is 1. The van der Waals surface area contributed by atoms with Crippen LogP contribution >= 0.6 is 0 Å². The van der Waals surface area contributed by atoms with E-state index in [2.05, 4.69) is 10.3 Å². The predicted molar refractivity (Wildman–Crippen MR) is 94.3 cm³/mol. The van der Waals surface area contributed by atoms with Crippen LogP contribution in [0, 0.1) is 0 Å². The van der Waals surface area contributed by atoms with Crippen molar-refractivity contribution in [2.75, 3.05) is 37.7 Å². The van der Waals surface area contributed by atoms with Gasteiger partial charge in [-0.3, -0.25) is 4.79 Å². The number of hydrogen-bond donors (Lipinski definition) is 2. The maximum absolute atomic E-state index is 12.7. The average Bonchev–Trinajstić information content (AvgIpc) is 3.01. The van der Waals surface area contributed by atoms with Crippen LogP contribution in [0.15, 0.2) is 18.3 Å². The van der Waals surface area contributed by atoms with E-state index in [9.17, 15) is 27.9 Å². The minimum atomic E-state index is -4.65. The molecule has 0 spiro atoms. The van der Waals surface area contributed by atoms with Crippen molar-refractivity contribution in [3.8, 4) is 0 Å². The van der Waals surface area contributed by atoms with E-state index in [1.165, 1.54) is 4.90 Å². The first kappa shape index (κ1) is 19.7. The molecule has 158 valence electrons. The number of β-amino-alcohol motifs (C(OH)–C–C–N with tert-alkyl or cyclic N) is 1. The van der Waals surface area contributed by atoms with Gasteiger partial charge in [-0.15, -0.1) is 0 Å². The third-order valence-electron chi connectivity index (χ3n) is 5.68. The number of alkyl carbamates (subject to hydrolysis) is 1. The third kappa shape index (κ3) is 3.83. The van der Waals surface area contributed by atoms with Crippen molar-refractivity contribution in [2.45, 2.75) is 36.6 Å². The second-order valence-corrected chi connectivity index (χ2v) is 7.81. The van der Waals surface area contributed by atoms with Gasteiger partial charge in [0.05, 0.1) is 19.1 Å². The van der Waals surface area contributed by atoms with Gasteiger partial charge in [-0.05, 0) is 18.1 Å². The maximum atomic E-state index is 12.7. The smallest absolute Gasteiger partial charge is 0.420 e. The summed E-state index contributed by atoms with van der Waals surface area (Å²) in [5.41, 5.74) is -1.75. The average molecular weight is 414 g/mol. The number of carbonyl (C=O) groups excluding carboxylic acids is 2. The van der Waals surface area contributed by atoms with Gasteiger partial charge in [0.15, 0.2) is 5.60 Å². The molecule has 2 amide bonds. The molecular weight excluding hydrogens is 393 g/mol. The van der Waals surface area contributed by atoms with Crippen molar-refractivity contribution in [3.63, 3.8) is 0 Å². The summed E-state index contributed by atoms with van der Waals surface area (Å²) in [4.78, 5) is 30.5. The maximum Gasteiger partial charge on any atom is 0.420 e. The number of ether oxygens (including phenoxy) is 1. The molecule has 0 aliphatic carbocycles. The molecule has 2 N–H and O–H groups in total. The Kier molecular flexibility index (Phi) is 4.80. The van der Waals surface area contributed by atoms with E-state index < -0.39 is 31.0 Å². The first-order chi connectivity index (χ1) is 13.6. The lowest BCUT2D eigenvalue weighted by Crippen LogP contribution is -2.69. The lowest BCUT2D eigenvalue weighted by molar-refractivity contribution is -0.267. The molecule has 3 aliphatic heterocycles. The summed E-state index contributed by atoms with van der Waals surface area (Å²) in [5, 5.41) is 12.1. The standard InChI is InChI=1S/C18H21F3N4O4/c19-18(20,21)17(28)9-25(10-17)14-3-1-11(5-22-14)12-6-24(7-12)15(26)4-2-13-8-29-16(27)23-13/h1,3,5,12-13,28H,2,4,6-10H2,(H,23,27). The normalized spacial score (nSPS) is 23.9. The summed E-state index contributed by atoms with van der Waals surface area (Å²) in [5.74, 6) is 0.535. The fourth-order valence-corrected chi connectivity index (χ4v) is 3.68. The number of halogens is 3. The van der Waals surface area contributed by atoms with E-state index in [4.69, 9.17) is 4.74 Å². The number of pyridine rings is 1. The monoisotopic (exact) mass is 414 g/mol. The van der Waals surface area contributed by atoms with Crippen molar-refractivity contribution in [2.24, 2.45) is 0 Å². The van der Waals surface area contributed by atoms with Crippen LogP contribution in [0.2, 0.25) is 0 Å². The van der Waals surface area contributed by atoms with E-state index in [0.717, 1.165) is 5.56 Å². The summed E-state index contributed by atoms with van der Waals surface area (Å²) in [6.45, 7) is 0.349. The van der Waals surface area contributed by atoms with Crippen molar-refractivity contribution >= 4 is 17.8 Å². The Morgan fingerprint density at radius 3 is 2.62 bits per heavy atom. The largest absolute Gasteiger partial charge is 0.447 e. The fraction of sp³-hybridized carbons (Fsp3) is 0.611. The highest BCUT2D eigenvalue weighted by atomic mass is 19.4.